The van der Waals surface area contributed by atoms with Crippen molar-refractivity contribution in [2.75, 3.05) is 33.3 Å². The van der Waals surface area contributed by atoms with E-state index >= 15 is 0 Å². The lowest BCUT2D eigenvalue weighted by Crippen LogP contribution is -2.45. The lowest BCUT2D eigenvalue weighted by molar-refractivity contribution is -0.140. The van der Waals surface area contributed by atoms with Crippen molar-refractivity contribution >= 4 is 17.6 Å². The van der Waals surface area contributed by atoms with Crippen LogP contribution in [0.3, 0.4) is 0 Å². The number of unbranched alkanes of at least 4 members (excludes halogenated alkanes) is 1. The SMILES string of the molecule is CCCCN(C)C(=O)C1CCN(C(=O)COc2ccc(C(=O)CC)cc2)CC1. The van der Waals surface area contributed by atoms with Gasteiger partial charge in [-0.15, -0.1) is 0 Å². The molecule has 0 unspecified atom stereocenters. The first-order chi connectivity index (χ1) is 13.5. The molecule has 0 aromatic heterocycles. The fraction of sp³-hybridized carbons (Fsp3) is 0.591. The summed E-state index contributed by atoms with van der Waals surface area (Å²) in [6.07, 6.45) is 3.96. The molecule has 0 bridgehead atoms. The summed E-state index contributed by atoms with van der Waals surface area (Å²) in [4.78, 5) is 40.1. The summed E-state index contributed by atoms with van der Waals surface area (Å²) in [5.74, 6) is 0.789. The molecule has 1 aromatic rings. The van der Waals surface area contributed by atoms with Gasteiger partial charge in [0.25, 0.3) is 5.91 Å². The molecule has 1 aromatic carbocycles. The van der Waals surface area contributed by atoms with Gasteiger partial charge in [0, 0.05) is 44.6 Å². The van der Waals surface area contributed by atoms with Crippen LogP contribution in [0.1, 0.15) is 56.3 Å². The van der Waals surface area contributed by atoms with E-state index in [9.17, 15) is 14.4 Å². The summed E-state index contributed by atoms with van der Waals surface area (Å²) in [6.45, 7) is 5.88. The van der Waals surface area contributed by atoms with E-state index in [0.717, 1.165) is 19.4 Å². The fourth-order valence-corrected chi connectivity index (χ4v) is 3.37. The summed E-state index contributed by atoms with van der Waals surface area (Å²) in [7, 11) is 1.86. The Morgan fingerprint density at radius 1 is 1.11 bits per heavy atom. The topological polar surface area (TPSA) is 66.9 Å². The van der Waals surface area contributed by atoms with E-state index in [2.05, 4.69) is 6.92 Å². The van der Waals surface area contributed by atoms with Gasteiger partial charge < -0.3 is 14.5 Å². The standard InChI is InChI=1S/C22H32N2O4/c1-4-6-13-23(3)22(27)18-11-14-24(15-12-18)21(26)16-28-19-9-7-17(8-10-19)20(25)5-2/h7-10,18H,4-6,11-16H2,1-3H3. The number of ether oxygens (including phenoxy) is 1. The molecule has 1 aliphatic rings. The zero-order valence-electron chi connectivity index (χ0n) is 17.3. The Morgan fingerprint density at radius 2 is 1.75 bits per heavy atom. The summed E-state index contributed by atoms with van der Waals surface area (Å²) >= 11 is 0. The molecule has 1 saturated heterocycles. The molecule has 0 spiro atoms. The lowest BCUT2D eigenvalue weighted by atomic mass is 9.95. The minimum absolute atomic E-state index is 0.00970. The largest absolute Gasteiger partial charge is 0.484 e. The highest BCUT2D eigenvalue weighted by molar-refractivity contribution is 5.95. The van der Waals surface area contributed by atoms with Gasteiger partial charge in [-0.3, -0.25) is 14.4 Å². The molecule has 0 saturated carbocycles. The maximum absolute atomic E-state index is 12.5. The van der Waals surface area contributed by atoms with Gasteiger partial charge in [-0.1, -0.05) is 20.3 Å². The predicted octanol–water partition coefficient (Wildman–Crippen LogP) is 3.16. The molecule has 0 radical (unpaired) electrons. The Kier molecular flexibility index (Phi) is 8.48. The minimum atomic E-state index is -0.0704. The maximum Gasteiger partial charge on any atom is 0.260 e. The molecule has 0 aliphatic carbocycles. The third-order valence-corrected chi connectivity index (χ3v) is 5.28. The molecule has 1 heterocycles. The van der Waals surface area contributed by atoms with Gasteiger partial charge in [-0.25, -0.2) is 0 Å². The van der Waals surface area contributed by atoms with Gasteiger partial charge >= 0.3 is 0 Å². The monoisotopic (exact) mass is 388 g/mol. The Hall–Kier alpha value is -2.37. The minimum Gasteiger partial charge on any atom is -0.484 e. The number of piperidine rings is 1. The lowest BCUT2D eigenvalue weighted by Gasteiger charge is -2.33. The molecule has 2 rings (SSSR count). The first-order valence-electron chi connectivity index (χ1n) is 10.2. The summed E-state index contributed by atoms with van der Waals surface area (Å²) in [6, 6.07) is 6.87. The van der Waals surface area contributed by atoms with Crippen molar-refractivity contribution < 1.29 is 19.1 Å². The van der Waals surface area contributed by atoms with Crippen molar-refractivity contribution in [2.24, 2.45) is 5.92 Å². The van der Waals surface area contributed by atoms with E-state index in [4.69, 9.17) is 4.74 Å². The molecule has 6 nitrogen and oxygen atoms in total. The number of hydrogen-bond acceptors (Lipinski definition) is 4. The van der Waals surface area contributed by atoms with Crippen molar-refractivity contribution in [3.05, 3.63) is 29.8 Å². The van der Waals surface area contributed by atoms with Gasteiger partial charge in [-0.05, 0) is 43.5 Å². The number of Topliss-reactive ketones (excluding diaryl/α,β-unsaturated/α-hetero) is 1. The van der Waals surface area contributed by atoms with Crippen molar-refractivity contribution in [3.8, 4) is 5.75 Å². The number of ketones is 1. The van der Waals surface area contributed by atoms with E-state index < -0.39 is 0 Å². The number of nitrogens with zero attached hydrogens (tertiary/aromatic N) is 2. The highest BCUT2D eigenvalue weighted by atomic mass is 16.5. The average Bonchev–Trinajstić information content (AvgIpc) is 2.75. The van der Waals surface area contributed by atoms with Gasteiger partial charge in [0.1, 0.15) is 5.75 Å². The Bertz CT molecular complexity index is 664. The van der Waals surface area contributed by atoms with E-state index in [1.165, 1.54) is 0 Å². The number of hydrogen-bond donors (Lipinski definition) is 0. The van der Waals surface area contributed by atoms with E-state index in [-0.39, 0.29) is 30.1 Å². The Balaban J connectivity index is 1.76. The zero-order chi connectivity index (χ0) is 20.5. The van der Waals surface area contributed by atoms with Crippen LogP contribution in [-0.4, -0.2) is 60.7 Å². The molecule has 6 heteroatoms. The number of carbonyl (C=O) groups excluding carboxylic acids is 3. The molecule has 0 N–H and O–H groups in total. The third-order valence-electron chi connectivity index (χ3n) is 5.28. The normalized spacial score (nSPS) is 14.6. The van der Waals surface area contributed by atoms with Crippen LogP contribution >= 0.6 is 0 Å². The average molecular weight is 389 g/mol. The van der Waals surface area contributed by atoms with E-state index in [1.807, 2.05) is 18.9 Å². The number of rotatable bonds is 9. The summed E-state index contributed by atoms with van der Waals surface area (Å²) < 4.78 is 5.57. The van der Waals surface area contributed by atoms with Gasteiger partial charge in [0.05, 0.1) is 0 Å². The fourth-order valence-electron chi connectivity index (χ4n) is 3.37. The number of benzene rings is 1. The molecule has 154 valence electrons. The quantitative estimate of drug-likeness (QED) is 0.610. The van der Waals surface area contributed by atoms with Crippen molar-refractivity contribution in [2.45, 2.75) is 46.0 Å². The van der Waals surface area contributed by atoms with Crippen LogP contribution in [0.2, 0.25) is 0 Å². The summed E-state index contributed by atoms with van der Waals surface area (Å²) in [5, 5.41) is 0. The highest BCUT2D eigenvalue weighted by Gasteiger charge is 2.29. The van der Waals surface area contributed by atoms with Gasteiger partial charge in [0.15, 0.2) is 12.4 Å². The summed E-state index contributed by atoms with van der Waals surface area (Å²) in [5.41, 5.74) is 0.650. The van der Waals surface area contributed by atoms with Crippen LogP contribution in [0.4, 0.5) is 0 Å². The second-order valence-corrected chi connectivity index (χ2v) is 7.36. The van der Waals surface area contributed by atoms with Gasteiger partial charge in [-0.2, -0.15) is 0 Å². The molecular weight excluding hydrogens is 356 g/mol. The maximum atomic E-state index is 12.5. The van der Waals surface area contributed by atoms with Crippen LogP contribution in [0.25, 0.3) is 0 Å². The van der Waals surface area contributed by atoms with Crippen molar-refractivity contribution in [1.29, 1.82) is 0 Å². The highest BCUT2D eigenvalue weighted by Crippen LogP contribution is 2.20. The van der Waals surface area contributed by atoms with Crippen molar-refractivity contribution in [3.63, 3.8) is 0 Å². The number of likely N-dealkylation sites (tertiary alicyclic amines) is 1. The third kappa shape index (κ3) is 6.08. The first-order valence-corrected chi connectivity index (χ1v) is 10.2. The Labute approximate surface area is 167 Å². The Morgan fingerprint density at radius 3 is 2.32 bits per heavy atom. The van der Waals surface area contributed by atoms with Gasteiger partial charge in [0.2, 0.25) is 5.91 Å². The van der Waals surface area contributed by atoms with Crippen LogP contribution in [0.5, 0.6) is 5.75 Å². The van der Waals surface area contributed by atoms with Crippen LogP contribution in [0, 0.1) is 5.92 Å². The molecule has 28 heavy (non-hydrogen) atoms. The molecular formula is C22H32N2O4. The molecule has 1 aliphatic heterocycles. The smallest absolute Gasteiger partial charge is 0.260 e. The van der Waals surface area contributed by atoms with E-state index in [0.29, 0.717) is 43.7 Å². The van der Waals surface area contributed by atoms with Crippen LogP contribution in [0.15, 0.2) is 24.3 Å². The first kappa shape index (κ1) is 21.9. The second-order valence-electron chi connectivity index (χ2n) is 7.36. The van der Waals surface area contributed by atoms with E-state index in [1.54, 1.807) is 29.2 Å². The zero-order valence-corrected chi connectivity index (χ0v) is 17.3. The molecule has 2 amide bonds. The van der Waals surface area contributed by atoms with Crippen LogP contribution in [-0.2, 0) is 9.59 Å². The molecule has 1 fully saturated rings. The predicted molar refractivity (Wildman–Crippen MR) is 108 cm³/mol. The second kappa shape index (κ2) is 10.8. The number of carbonyl (C=O) groups is 3. The molecule has 0 atom stereocenters. The van der Waals surface area contributed by atoms with Crippen molar-refractivity contribution in [1.82, 2.24) is 9.80 Å². The number of amides is 2. The van der Waals surface area contributed by atoms with Crippen LogP contribution < -0.4 is 4.74 Å².